The summed E-state index contributed by atoms with van der Waals surface area (Å²) < 4.78 is 5.55. The van der Waals surface area contributed by atoms with E-state index in [9.17, 15) is 14.4 Å². The Morgan fingerprint density at radius 1 is 0.929 bits per heavy atom. The van der Waals surface area contributed by atoms with Crippen molar-refractivity contribution in [2.75, 3.05) is 11.5 Å². The summed E-state index contributed by atoms with van der Waals surface area (Å²) in [5.41, 5.74) is 1.08. The Bertz CT molecular complexity index is 883. The van der Waals surface area contributed by atoms with Crippen LogP contribution in [-0.4, -0.2) is 24.2 Å². The zero-order valence-corrected chi connectivity index (χ0v) is 16.0. The molecule has 1 aliphatic carbocycles. The van der Waals surface area contributed by atoms with Crippen LogP contribution in [0.15, 0.2) is 48.5 Å². The molecule has 2 aromatic rings. The molecule has 1 saturated carbocycles. The molecule has 0 aromatic heterocycles. The maximum Gasteiger partial charge on any atom is 0.237 e. The highest BCUT2D eigenvalue weighted by molar-refractivity contribution is 6.30. The number of carbonyl (C=O) groups is 3. The summed E-state index contributed by atoms with van der Waals surface area (Å²) in [4.78, 5) is 38.8. The summed E-state index contributed by atoms with van der Waals surface area (Å²) in [7, 11) is 0. The second-order valence-corrected chi connectivity index (χ2v) is 7.66. The van der Waals surface area contributed by atoms with E-state index in [1.807, 2.05) is 0 Å². The number of hydrogen-bond donors (Lipinski definition) is 0. The van der Waals surface area contributed by atoms with Gasteiger partial charge in [-0.25, -0.2) is 0 Å². The van der Waals surface area contributed by atoms with E-state index in [4.69, 9.17) is 16.3 Å². The third-order valence-electron chi connectivity index (χ3n) is 5.47. The van der Waals surface area contributed by atoms with Gasteiger partial charge in [0.15, 0.2) is 12.4 Å². The molecule has 1 aliphatic heterocycles. The predicted molar refractivity (Wildman–Crippen MR) is 106 cm³/mol. The van der Waals surface area contributed by atoms with E-state index in [2.05, 4.69) is 0 Å². The predicted octanol–water partition coefficient (Wildman–Crippen LogP) is 4.28. The lowest BCUT2D eigenvalue weighted by atomic mass is 9.81. The summed E-state index contributed by atoms with van der Waals surface area (Å²) in [5.74, 6) is -0.191. The van der Waals surface area contributed by atoms with Gasteiger partial charge in [0.25, 0.3) is 0 Å². The van der Waals surface area contributed by atoms with Crippen molar-refractivity contribution in [1.82, 2.24) is 0 Å². The van der Waals surface area contributed by atoms with Crippen molar-refractivity contribution in [3.8, 4) is 5.75 Å². The fraction of sp³-hybridized carbons (Fsp3) is 0.318. The molecule has 2 amide bonds. The molecule has 0 N–H and O–H groups in total. The van der Waals surface area contributed by atoms with Crippen molar-refractivity contribution in [1.29, 1.82) is 0 Å². The normalized spacial score (nSPS) is 21.5. The number of benzene rings is 2. The van der Waals surface area contributed by atoms with Gasteiger partial charge in [-0.3, -0.25) is 19.3 Å². The van der Waals surface area contributed by atoms with E-state index >= 15 is 0 Å². The molecule has 5 nitrogen and oxygen atoms in total. The first-order chi connectivity index (χ1) is 13.5. The van der Waals surface area contributed by atoms with Crippen LogP contribution in [0.2, 0.25) is 5.02 Å². The molecule has 28 heavy (non-hydrogen) atoms. The molecule has 2 atom stereocenters. The molecular formula is C22H20ClNO4. The number of halogens is 1. The molecule has 2 aromatic carbocycles. The van der Waals surface area contributed by atoms with Gasteiger partial charge in [-0.05, 0) is 61.4 Å². The second kappa shape index (κ2) is 7.76. The highest BCUT2D eigenvalue weighted by Gasteiger charge is 2.48. The van der Waals surface area contributed by atoms with Crippen LogP contribution in [0.3, 0.4) is 0 Å². The van der Waals surface area contributed by atoms with Crippen molar-refractivity contribution in [2.45, 2.75) is 25.7 Å². The molecule has 2 aliphatic rings. The topological polar surface area (TPSA) is 63.7 Å². The van der Waals surface area contributed by atoms with Crippen LogP contribution in [-0.2, 0) is 9.59 Å². The van der Waals surface area contributed by atoms with Crippen LogP contribution in [0.1, 0.15) is 36.0 Å². The van der Waals surface area contributed by atoms with Gasteiger partial charge in [0.1, 0.15) is 5.75 Å². The number of hydrogen-bond acceptors (Lipinski definition) is 4. The summed E-state index contributed by atoms with van der Waals surface area (Å²) in [6.45, 7) is -0.104. The Morgan fingerprint density at radius 2 is 1.50 bits per heavy atom. The minimum absolute atomic E-state index is 0.0960. The fourth-order valence-corrected chi connectivity index (χ4v) is 4.10. The van der Waals surface area contributed by atoms with E-state index < -0.39 is 0 Å². The number of carbonyl (C=O) groups excluding carboxylic acids is 3. The first-order valence-electron chi connectivity index (χ1n) is 9.44. The van der Waals surface area contributed by atoms with E-state index in [1.165, 1.54) is 4.90 Å². The number of nitrogens with zero attached hydrogens (tertiary/aromatic N) is 1. The van der Waals surface area contributed by atoms with Crippen molar-refractivity contribution >= 4 is 34.9 Å². The number of ether oxygens (including phenoxy) is 1. The summed E-state index contributed by atoms with van der Waals surface area (Å²) in [6, 6.07) is 13.4. The lowest BCUT2D eigenvalue weighted by Gasteiger charge is -2.19. The SMILES string of the molecule is O=C(COc1ccc(N2C(=O)[C@@H]3CCCC[C@H]3C2=O)cc1)c1ccc(Cl)cc1. The molecule has 4 rings (SSSR count). The first-order valence-corrected chi connectivity index (χ1v) is 9.82. The molecule has 2 fully saturated rings. The smallest absolute Gasteiger partial charge is 0.237 e. The molecule has 6 heteroatoms. The highest BCUT2D eigenvalue weighted by atomic mass is 35.5. The average Bonchev–Trinajstić information content (AvgIpc) is 2.98. The van der Waals surface area contributed by atoms with Crippen LogP contribution >= 0.6 is 11.6 Å². The quantitative estimate of drug-likeness (QED) is 0.558. The van der Waals surface area contributed by atoms with Crippen molar-refractivity contribution in [2.24, 2.45) is 11.8 Å². The van der Waals surface area contributed by atoms with E-state index in [1.54, 1.807) is 48.5 Å². The third-order valence-corrected chi connectivity index (χ3v) is 5.72. The molecule has 1 saturated heterocycles. The summed E-state index contributed by atoms with van der Waals surface area (Å²) in [6.07, 6.45) is 3.59. The summed E-state index contributed by atoms with van der Waals surface area (Å²) >= 11 is 5.82. The number of imide groups is 1. The molecule has 1 heterocycles. The lowest BCUT2D eigenvalue weighted by Crippen LogP contribution is -2.30. The van der Waals surface area contributed by atoms with Gasteiger partial charge in [0.05, 0.1) is 17.5 Å². The average molecular weight is 398 g/mol. The van der Waals surface area contributed by atoms with Gasteiger partial charge < -0.3 is 4.74 Å². The number of Topliss-reactive ketones (excluding diaryl/α,β-unsaturated/α-hetero) is 1. The monoisotopic (exact) mass is 397 g/mol. The second-order valence-electron chi connectivity index (χ2n) is 7.22. The van der Waals surface area contributed by atoms with Gasteiger partial charge in [-0.1, -0.05) is 24.4 Å². The van der Waals surface area contributed by atoms with Gasteiger partial charge in [-0.2, -0.15) is 0 Å². The maximum atomic E-state index is 12.7. The van der Waals surface area contributed by atoms with Crippen LogP contribution in [0.5, 0.6) is 5.75 Å². The minimum Gasteiger partial charge on any atom is -0.485 e. The maximum absolute atomic E-state index is 12.7. The summed E-state index contributed by atoms with van der Waals surface area (Å²) in [5, 5.41) is 0.568. The Balaban J connectivity index is 1.41. The van der Waals surface area contributed by atoms with E-state index in [0.29, 0.717) is 22.0 Å². The van der Waals surface area contributed by atoms with E-state index in [-0.39, 0.29) is 36.0 Å². The lowest BCUT2D eigenvalue weighted by molar-refractivity contribution is -0.122. The van der Waals surface area contributed by atoms with E-state index in [0.717, 1.165) is 25.7 Å². The molecule has 0 spiro atoms. The van der Waals surface area contributed by atoms with Crippen LogP contribution in [0, 0.1) is 11.8 Å². The molecule has 0 unspecified atom stereocenters. The zero-order chi connectivity index (χ0) is 19.7. The number of anilines is 1. The minimum atomic E-state index is -0.172. The van der Waals surface area contributed by atoms with Gasteiger partial charge in [0.2, 0.25) is 11.8 Å². The Labute approximate surface area is 168 Å². The fourth-order valence-electron chi connectivity index (χ4n) is 3.98. The Kier molecular flexibility index (Phi) is 5.18. The number of fused-ring (bicyclic) bond motifs is 1. The van der Waals surface area contributed by atoms with Crippen molar-refractivity contribution < 1.29 is 19.1 Å². The largest absolute Gasteiger partial charge is 0.485 e. The van der Waals surface area contributed by atoms with Crippen LogP contribution in [0.4, 0.5) is 5.69 Å². The van der Waals surface area contributed by atoms with Gasteiger partial charge >= 0.3 is 0 Å². The standard InChI is InChI=1S/C22H20ClNO4/c23-15-7-5-14(6-8-15)20(25)13-28-17-11-9-16(10-12-17)24-21(26)18-3-1-2-4-19(18)22(24)27/h5-12,18-19H,1-4,13H2/t18-,19-/m1/s1. The zero-order valence-electron chi connectivity index (χ0n) is 15.3. The van der Waals surface area contributed by atoms with Crippen LogP contribution < -0.4 is 9.64 Å². The van der Waals surface area contributed by atoms with Crippen molar-refractivity contribution in [3.63, 3.8) is 0 Å². The van der Waals surface area contributed by atoms with Gasteiger partial charge in [-0.15, -0.1) is 0 Å². The van der Waals surface area contributed by atoms with Gasteiger partial charge in [0, 0.05) is 10.6 Å². The molecule has 0 radical (unpaired) electrons. The molecule has 144 valence electrons. The third kappa shape index (κ3) is 3.54. The number of rotatable bonds is 5. The number of amides is 2. The molecular weight excluding hydrogens is 378 g/mol. The van der Waals surface area contributed by atoms with Crippen LogP contribution in [0.25, 0.3) is 0 Å². The highest BCUT2D eigenvalue weighted by Crippen LogP contribution is 2.40. The Hall–Kier alpha value is -2.66. The van der Waals surface area contributed by atoms with Crippen molar-refractivity contribution in [3.05, 3.63) is 59.1 Å². The number of ketones is 1. The molecule has 0 bridgehead atoms. The Morgan fingerprint density at radius 3 is 2.07 bits per heavy atom. The first kappa shape index (κ1) is 18.7.